The number of nitrogens with one attached hydrogen (secondary N) is 1. The molecule has 1 amide bonds. The van der Waals surface area contributed by atoms with E-state index in [4.69, 9.17) is 4.74 Å². The van der Waals surface area contributed by atoms with Crippen LogP contribution in [-0.4, -0.2) is 54.7 Å². The van der Waals surface area contributed by atoms with E-state index in [1.807, 2.05) is 0 Å². The molecule has 1 N–H and O–H groups in total. The average Bonchev–Trinajstić information content (AvgIpc) is 2.46. The van der Waals surface area contributed by atoms with Crippen LogP contribution < -0.4 is 5.32 Å². The molecule has 0 unspecified atom stereocenters. The number of hydrogen-bond acceptors (Lipinski definition) is 4. The van der Waals surface area contributed by atoms with E-state index in [2.05, 4.69) is 22.1 Å². The number of aromatic nitrogens is 1. The first-order valence-corrected chi connectivity index (χ1v) is 6.27. The van der Waals surface area contributed by atoms with E-state index >= 15 is 0 Å². The van der Waals surface area contributed by atoms with Crippen molar-refractivity contribution in [2.75, 3.05) is 32.8 Å². The van der Waals surface area contributed by atoms with Crippen LogP contribution in [0, 0.1) is 0 Å². The standard InChI is InChI=1S/C13H19N3O2/c1-11(16-6-8-18-9-7-16)10-15-13(17)12-2-4-14-5-3-12/h2-5,11H,6-10H2,1H3,(H,15,17)/t11-/m1/s1. The van der Waals surface area contributed by atoms with E-state index < -0.39 is 0 Å². The van der Waals surface area contributed by atoms with E-state index in [9.17, 15) is 4.79 Å². The molecule has 18 heavy (non-hydrogen) atoms. The monoisotopic (exact) mass is 249 g/mol. The summed E-state index contributed by atoms with van der Waals surface area (Å²) in [6, 6.07) is 3.77. The third kappa shape index (κ3) is 3.51. The predicted octanol–water partition coefficient (Wildman–Crippen LogP) is 0.532. The van der Waals surface area contributed by atoms with E-state index in [0.29, 0.717) is 18.2 Å². The quantitative estimate of drug-likeness (QED) is 0.846. The maximum absolute atomic E-state index is 11.8. The first-order valence-electron chi connectivity index (χ1n) is 6.27. The summed E-state index contributed by atoms with van der Waals surface area (Å²) < 4.78 is 5.31. The summed E-state index contributed by atoms with van der Waals surface area (Å²) in [4.78, 5) is 18.1. The van der Waals surface area contributed by atoms with E-state index in [-0.39, 0.29) is 5.91 Å². The lowest BCUT2D eigenvalue weighted by molar-refractivity contribution is 0.0204. The normalized spacial score (nSPS) is 18.3. The van der Waals surface area contributed by atoms with Crippen LogP contribution in [0.25, 0.3) is 0 Å². The Morgan fingerprint density at radius 1 is 1.44 bits per heavy atom. The number of carbonyl (C=O) groups is 1. The molecular formula is C13H19N3O2. The van der Waals surface area contributed by atoms with Gasteiger partial charge in [0, 0.05) is 43.6 Å². The van der Waals surface area contributed by atoms with Crippen molar-refractivity contribution in [2.24, 2.45) is 0 Å². The zero-order valence-electron chi connectivity index (χ0n) is 10.6. The van der Waals surface area contributed by atoms with Crippen molar-refractivity contribution in [3.8, 4) is 0 Å². The number of carbonyl (C=O) groups excluding carboxylic acids is 1. The molecule has 0 radical (unpaired) electrons. The summed E-state index contributed by atoms with van der Waals surface area (Å²) in [7, 11) is 0. The summed E-state index contributed by atoms with van der Waals surface area (Å²) in [6.07, 6.45) is 3.25. The number of hydrogen-bond donors (Lipinski definition) is 1. The SMILES string of the molecule is C[C@H](CNC(=O)c1ccncc1)N1CCOCC1. The molecule has 0 saturated carbocycles. The van der Waals surface area contributed by atoms with Crippen molar-refractivity contribution in [1.82, 2.24) is 15.2 Å². The topological polar surface area (TPSA) is 54.5 Å². The van der Waals surface area contributed by atoms with Gasteiger partial charge in [-0.05, 0) is 19.1 Å². The second kappa shape index (κ2) is 6.47. The van der Waals surface area contributed by atoms with Crippen LogP contribution >= 0.6 is 0 Å². The van der Waals surface area contributed by atoms with Gasteiger partial charge >= 0.3 is 0 Å². The number of nitrogens with zero attached hydrogens (tertiary/aromatic N) is 2. The Kier molecular flexibility index (Phi) is 4.66. The molecule has 5 nitrogen and oxygen atoms in total. The number of amides is 1. The Hall–Kier alpha value is -1.46. The molecule has 98 valence electrons. The molecule has 0 aromatic carbocycles. The van der Waals surface area contributed by atoms with Gasteiger partial charge in [0.05, 0.1) is 13.2 Å². The van der Waals surface area contributed by atoms with Crippen LogP contribution in [0.4, 0.5) is 0 Å². The highest BCUT2D eigenvalue weighted by molar-refractivity contribution is 5.93. The van der Waals surface area contributed by atoms with E-state index in [0.717, 1.165) is 26.3 Å². The van der Waals surface area contributed by atoms with Gasteiger partial charge in [0.25, 0.3) is 5.91 Å². The van der Waals surface area contributed by atoms with Gasteiger partial charge in [-0.2, -0.15) is 0 Å². The molecule has 1 aliphatic rings. The van der Waals surface area contributed by atoms with Gasteiger partial charge in [0.2, 0.25) is 0 Å². The van der Waals surface area contributed by atoms with Crippen molar-refractivity contribution in [2.45, 2.75) is 13.0 Å². The van der Waals surface area contributed by atoms with Gasteiger partial charge in [0.15, 0.2) is 0 Å². The minimum atomic E-state index is -0.0440. The summed E-state index contributed by atoms with van der Waals surface area (Å²) >= 11 is 0. The molecule has 1 fully saturated rings. The Balaban J connectivity index is 1.78. The van der Waals surface area contributed by atoms with Gasteiger partial charge in [-0.3, -0.25) is 14.7 Å². The molecule has 2 rings (SSSR count). The molecule has 1 atom stereocenters. The maximum atomic E-state index is 11.8. The third-order valence-corrected chi connectivity index (χ3v) is 3.17. The Morgan fingerprint density at radius 2 is 2.11 bits per heavy atom. The minimum absolute atomic E-state index is 0.0440. The summed E-state index contributed by atoms with van der Waals surface area (Å²) in [5, 5.41) is 2.95. The Labute approximate surface area is 107 Å². The summed E-state index contributed by atoms with van der Waals surface area (Å²) in [5.74, 6) is -0.0440. The summed E-state index contributed by atoms with van der Waals surface area (Å²) in [6.45, 7) is 6.21. The van der Waals surface area contributed by atoms with Gasteiger partial charge < -0.3 is 10.1 Å². The molecule has 1 aromatic heterocycles. The number of ether oxygens (including phenoxy) is 1. The molecule has 0 spiro atoms. The fraction of sp³-hybridized carbons (Fsp3) is 0.538. The maximum Gasteiger partial charge on any atom is 0.251 e. The van der Waals surface area contributed by atoms with Gasteiger partial charge in [0.1, 0.15) is 0 Å². The van der Waals surface area contributed by atoms with Crippen LogP contribution in [0.15, 0.2) is 24.5 Å². The summed E-state index contributed by atoms with van der Waals surface area (Å²) in [5.41, 5.74) is 0.652. The van der Waals surface area contributed by atoms with Crippen LogP contribution in [0.3, 0.4) is 0 Å². The average molecular weight is 249 g/mol. The van der Waals surface area contributed by atoms with Crippen molar-refractivity contribution < 1.29 is 9.53 Å². The molecular weight excluding hydrogens is 230 g/mol. The number of pyridine rings is 1. The second-order valence-electron chi connectivity index (χ2n) is 4.44. The molecule has 0 aliphatic carbocycles. The van der Waals surface area contributed by atoms with Crippen LogP contribution in [0.2, 0.25) is 0 Å². The van der Waals surface area contributed by atoms with Crippen LogP contribution in [-0.2, 0) is 4.74 Å². The van der Waals surface area contributed by atoms with Gasteiger partial charge in [-0.25, -0.2) is 0 Å². The van der Waals surface area contributed by atoms with E-state index in [1.165, 1.54) is 0 Å². The van der Waals surface area contributed by atoms with Crippen LogP contribution in [0.5, 0.6) is 0 Å². The minimum Gasteiger partial charge on any atom is -0.379 e. The lowest BCUT2D eigenvalue weighted by Gasteiger charge is -2.32. The highest BCUT2D eigenvalue weighted by Gasteiger charge is 2.17. The largest absolute Gasteiger partial charge is 0.379 e. The lowest BCUT2D eigenvalue weighted by Crippen LogP contribution is -2.47. The molecule has 2 heterocycles. The Bertz CT molecular complexity index is 377. The van der Waals surface area contributed by atoms with Crippen LogP contribution in [0.1, 0.15) is 17.3 Å². The van der Waals surface area contributed by atoms with Gasteiger partial charge in [-0.1, -0.05) is 0 Å². The lowest BCUT2D eigenvalue weighted by atomic mass is 10.2. The predicted molar refractivity (Wildman–Crippen MR) is 68.4 cm³/mol. The van der Waals surface area contributed by atoms with Crippen molar-refractivity contribution in [3.05, 3.63) is 30.1 Å². The second-order valence-corrected chi connectivity index (χ2v) is 4.44. The molecule has 1 saturated heterocycles. The molecule has 1 aliphatic heterocycles. The molecule has 0 bridgehead atoms. The van der Waals surface area contributed by atoms with E-state index in [1.54, 1.807) is 24.5 Å². The first kappa shape index (κ1) is 13.0. The first-order chi connectivity index (χ1) is 8.77. The van der Waals surface area contributed by atoms with Crippen molar-refractivity contribution in [3.63, 3.8) is 0 Å². The van der Waals surface area contributed by atoms with Crippen molar-refractivity contribution in [1.29, 1.82) is 0 Å². The Morgan fingerprint density at radius 3 is 2.78 bits per heavy atom. The van der Waals surface area contributed by atoms with Crippen molar-refractivity contribution >= 4 is 5.91 Å². The molecule has 1 aromatic rings. The zero-order chi connectivity index (χ0) is 12.8. The third-order valence-electron chi connectivity index (χ3n) is 3.17. The fourth-order valence-electron chi connectivity index (χ4n) is 1.99. The highest BCUT2D eigenvalue weighted by atomic mass is 16.5. The van der Waals surface area contributed by atoms with Gasteiger partial charge in [-0.15, -0.1) is 0 Å². The number of rotatable bonds is 4. The highest BCUT2D eigenvalue weighted by Crippen LogP contribution is 2.03. The number of morpholine rings is 1. The molecule has 5 heteroatoms. The zero-order valence-corrected chi connectivity index (χ0v) is 10.6. The fourth-order valence-corrected chi connectivity index (χ4v) is 1.99. The smallest absolute Gasteiger partial charge is 0.251 e.